The molecule has 1 aromatic heterocycles. The molecule has 1 heterocycles. The predicted octanol–water partition coefficient (Wildman–Crippen LogP) is 2.39. The van der Waals surface area contributed by atoms with Gasteiger partial charge in [0.05, 0.1) is 6.07 Å². The highest BCUT2D eigenvalue weighted by atomic mass is 16.5. The first-order valence-corrected chi connectivity index (χ1v) is 7.31. The molecule has 0 saturated carbocycles. The van der Waals surface area contributed by atoms with Crippen molar-refractivity contribution in [3.8, 4) is 5.88 Å². The van der Waals surface area contributed by atoms with Crippen LogP contribution < -0.4 is 10.3 Å². The summed E-state index contributed by atoms with van der Waals surface area (Å²) in [5, 5.41) is 0. The van der Waals surface area contributed by atoms with Crippen LogP contribution in [-0.4, -0.2) is 40.1 Å². The molecule has 0 unspecified atom stereocenters. The molecule has 1 rings (SSSR count). The number of ether oxygens (including phenoxy) is 1. The molecule has 0 bridgehead atoms. The van der Waals surface area contributed by atoms with E-state index in [1.807, 2.05) is 13.8 Å². The zero-order valence-electron chi connectivity index (χ0n) is 13.4. The second-order valence-electron chi connectivity index (χ2n) is 5.90. The Hall–Kier alpha value is -1.36. The highest BCUT2D eigenvalue weighted by molar-refractivity contribution is 5.10. The van der Waals surface area contributed by atoms with Crippen LogP contribution in [0.15, 0.2) is 10.9 Å². The SMILES string of the molecule is CC(C)c1nc(OCCN(C(C)C)C(C)C)cc(=O)[nH]1. The second-order valence-corrected chi connectivity index (χ2v) is 5.90. The summed E-state index contributed by atoms with van der Waals surface area (Å²) in [5.41, 5.74) is -0.164. The fourth-order valence-corrected chi connectivity index (χ4v) is 2.17. The molecule has 0 fully saturated rings. The summed E-state index contributed by atoms with van der Waals surface area (Å²) in [6, 6.07) is 2.34. The van der Waals surface area contributed by atoms with E-state index in [1.165, 1.54) is 6.07 Å². The van der Waals surface area contributed by atoms with Crippen LogP contribution in [-0.2, 0) is 0 Å². The van der Waals surface area contributed by atoms with Gasteiger partial charge in [0.1, 0.15) is 12.4 Å². The first-order valence-electron chi connectivity index (χ1n) is 7.31. The van der Waals surface area contributed by atoms with Gasteiger partial charge in [-0.3, -0.25) is 9.69 Å². The number of hydrogen-bond acceptors (Lipinski definition) is 4. The number of nitrogens with zero attached hydrogens (tertiary/aromatic N) is 2. The highest BCUT2D eigenvalue weighted by Crippen LogP contribution is 2.11. The van der Waals surface area contributed by atoms with Crippen molar-refractivity contribution in [3.05, 3.63) is 22.2 Å². The van der Waals surface area contributed by atoms with Gasteiger partial charge in [0.2, 0.25) is 5.88 Å². The summed E-state index contributed by atoms with van der Waals surface area (Å²) in [7, 11) is 0. The van der Waals surface area contributed by atoms with Gasteiger partial charge in [0.15, 0.2) is 0 Å². The fourth-order valence-electron chi connectivity index (χ4n) is 2.17. The Morgan fingerprint density at radius 3 is 2.30 bits per heavy atom. The molecule has 0 saturated heterocycles. The van der Waals surface area contributed by atoms with Crippen LogP contribution in [0.25, 0.3) is 0 Å². The van der Waals surface area contributed by atoms with Crippen LogP contribution in [0, 0.1) is 0 Å². The molecule has 5 nitrogen and oxygen atoms in total. The number of rotatable bonds is 7. The quantitative estimate of drug-likeness (QED) is 0.833. The predicted molar refractivity (Wildman–Crippen MR) is 81.4 cm³/mol. The maximum atomic E-state index is 11.5. The van der Waals surface area contributed by atoms with Gasteiger partial charge in [-0.05, 0) is 27.7 Å². The Morgan fingerprint density at radius 2 is 1.80 bits per heavy atom. The molecule has 0 aliphatic heterocycles. The van der Waals surface area contributed by atoms with Crippen molar-refractivity contribution in [1.82, 2.24) is 14.9 Å². The van der Waals surface area contributed by atoms with Crippen molar-refractivity contribution in [2.24, 2.45) is 0 Å². The molecule has 5 heteroatoms. The smallest absolute Gasteiger partial charge is 0.254 e. The third-order valence-electron chi connectivity index (χ3n) is 3.21. The van der Waals surface area contributed by atoms with Crippen molar-refractivity contribution >= 4 is 0 Å². The zero-order chi connectivity index (χ0) is 15.3. The third kappa shape index (κ3) is 4.96. The maximum absolute atomic E-state index is 11.5. The van der Waals surface area contributed by atoms with Crippen LogP contribution in [0.5, 0.6) is 5.88 Å². The minimum Gasteiger partial charge on any atom is -0.476 e. The standard InChI is InChI=1S/C15H27N3O2/c1-10(2)15-16-13(19)9-14(17-15)20-8-7-18(11(3)4)12(5)6/h9-12H,7-8H2,1-6H3,(H,16,17,19). The van der Waals surface area contributed by atoms with E-state index >= 15 is 0 Å². The topological polar surface area (TPSA) is 58.2 Å². The molecule has 0 aliphatic carbocycles. The first-order chi connectivity index (χ1) is 9.31. The molecule has 0 spiro atoms. The van der Waals surface area contributed by atoms with Crippen molar-refractivity contribution in [2.45, 2.75) is 59.5 Å². The molecular formula is C15H27N3O2. The van der Waals surface area contributed by atoms with E-state index in [1.54, 1.807) is 0 Å². The molecule has 0 aliphatic rings. The molecule has 20 heavy (non-hydrogen) atoms. The normalized spacial score (nSPS) is 11.9. The molecule has 114 valence electrons. The third-order valence-corrected chi connectivity index (χ3v) is 3.21. The Bertz CT molecular complexity index is 458. The highest BCUT2D eigenvalue weighted by Gasteiger charge is 2.13. The number of hydrogen-bond donors (Lipinski definition) is 1. The van der Waals surface area contributed by atoms with Gasteiger partial charge in [0.25, 0.3) is 5.56 Å². The van der Waals surface area contributed by atoms with E-state index in [0.717, 1.165) is 6.54 Å². The van der Waals surface area contributed by atoms with E-state index in [9.17, 15) is 4.79 Å². The number of aromatic nitrogens is 2. The Balaban J connectivity index is 2.64. The molecule has 0 aromatic carbocycles. The molecule has 0 amide bonds. The summed E-state index contributed by atoms with van der Waals surface area (Å²) < 4.78 is 5.64. The average Bonchev–Trinajstić information content (AvgIpc) is 2.32. The first kappa shape index (κ1) is 16.7. The van der Waals surface area contributed by atoms with Gasteiger partial charge in [0, 0.05) is 24.5 Å². The van der Waals surface area contributed by atoms with Crippen molar-refractivity contribution in [3.63, 3.8) is 0 Å². The Labute approximate surface area is 121 Å². The zero-order valence-corrected chi connectivity index (χ0v) is 13.4. The molecule has 1 N–H and O–H groups in total. The summed E-state index contributed by atoms with van der Waals surface area (Å²) in [5.74, 6) is 1.25. The van der Waals surface area contributed by atoms with Crippen LogP contribution in [0.2, 0.25) is 0 Å². The maximum Gasteiger partial charge on any atom is 0.254 e. The monoisotopic (exact) mass is 281 g/mol. The van der Waals surface area contributed by atoms with Crippen LogP contribution in [0.4, 0.5) is 0 Å². The van der Waals surface area contributed by atoms with Gasteiger partial charge in [-0.25, -0.2) is 0 Å². The lowest BCUT2D eigenvalue weighted by Crippen LogP contribution is -2.39. The lowest BCUT2D eigenvalue weighted by atomic mass is 10.2. The van der Waals surface area contributed by atoms with Gasteiger partial charge in [-0.2, -0.15) is 4.98 Å². The van der Waals surface area contributed by atoms with E-state index in [4.69, 9.17) is 4.74 Å². The van der Waals surface area contributed by atoms with Crippen LogP contribution in [0.3, 0.4) is 0 Å². The van der Waals surface area contributed by atoms with Gasteiger partial charge in [-0.15, -0.1) is 0 Å². The largest absolute Gasteiger partial charge is 0.476 e. The molecule has 1 aromatic rings. The minimum atomic E-state index is -0.164. The second kappa shape index (κ2) is 7.43. The number of nitrogens with one attached hydrogen (secondary N) is 1. The van der Waals surface area contributed by atoms with Gasteiger partial charge < -0.3 is 9.72 Å². The van der Waals surface area contributed by atoms with Crippen molar-refractivity contribution in [2.75, 3.05) is 13.2 Å². The van der Waals surface area contributed by atoms with Gasteiger partial charge in [-0.1, -0.05) is 13.8 Å². The molecule has 0 atom stereocenters. The Morgan fingerprint density at radius 1 is 1.20 bits per heavy atom. The average molecular weight is 281 g/mol. The van der Waals surface area contributed by atoms with E-state index in [0.29, 0.717) is 30.4 Å². The van der Waals surface area contributed by atoms with Crippen molar-refractivity contribution in [1.29, 1.82) is 0 Å². The van der Waals surface area contributed by atoms with Crippen LogP contribution in [0.1, 0.15) is 53.3 Å². The summed E-state index contributed by atoms with van der Waals surface area (Å²) in [6.07, 6.45) is 0. The number of aromatic amines is 1. The van der Waals surface area contributed by atoms with Gasteiger partial charge >= 0.3 is 0 Å². The summed E-state index contributed by atoms with van der Waals surface area (Å²) in [6.45, 7) is 14.0. The van der Waals surface area contributed by atoms with E-state index < -0.39 is 0 Å². The fraction of sp³-hybridized carbons (Fsp3) is 0.733. The number of H-pyrrole nitrogens is 1. The van der Waals surface area contributed by atoms with Crippen LogP contribution >= 0.6 is 0 Å². The van der Waals surface area contributed by atoms with E-state index in [2.05, 4.69) is 42.6 Å². The summed E-state index contributed by atoms with van der Waals surface area (Å²) in [4.78, 5) is 20.9. The summed E-state index contributed by atoms with van der Waals surface area (Å²) >= 11 is 0. The van der Waals surface area contributed by atoms with Crippen molar-refractivity contribution < 1.29 is 4.74 Å². The molecule has 0 radical (unpaired) electrons. The lowest BCUT2D eigenvalue weighted by molar-refractivity contribution is 0.140. The Kier molecular flexibility index (Phi) is 6.20. The minimum absolute atomic E-state index is 0.164. The van der Waals surface area contributed by atoms with E-state index in [-0.39, 0.29) is 11.5 Å². The lowest BCUT2D eigenvalue weighted by Gasteiger charge is -2.30. The molecular weight excluding hydrogens is 254 g/mol.